The fraction of sp³-hybridized carbons (Fsp3) is 0.444. The molecule has 3 rings (SSSR count). The summed E-state index contributed by atoms with van der Waals surface area (Å²) in [7, 11) is 3.47. The molecule has 0 radical (unpaired) electrons. The molecule has 0 bridgehead atoms. The molecule has 0 N–H and O–H groups in total. The number of nitrogens with zero attached hydrogens (tertiary/aromatic N) is 2. The first-order valence-corrected chi connectivity index (χ1v) is 7.98. The topological polar surface area (TPSA) is 51.5 Å². The van der Waals surface area contributed by atoms with Gasteiger partial charge in [0.15, 0.2) is 0 Å². The Bertz CT molecular complexity index is 781. The third kappa shape index (κ3) is 3.29. The highest BCUT2D eigenvalue weighted by Gasteiger charge is 2.18. The van der Waals surface area contributed by atoms with Crippen LogP contribution in [0.25, 0.3) is 10.8 Å². The second kappa shape index (κ2) is 6.54. The third-order valence-electron chi connectivity index (χ3n) is 4.58. The van der Waals surface area contributed by atoms with Crippen molar-refractivity contribution in [2.75, 3.05) is 27.2 Å². The summed E-state index contributed by atoms with van der Waals surface area (Å²) < 4.78 is 6.51. The summed E-state index contributed by atoms with van der Waals surface area (Å²) in [4.78, 5) is 26.7. The molecule has 0 saturated carbocycles. The first-order chi connectivity index (χ1) is 11.1. The van der Waals surface area contributed by atoms with E-state index in [1.807, 2.05) is 12.3 Å². The molecule has 1 aromatic heterocycles. The number of hydrogen-bond donors (Lipinski definition) is 0. The molecule has 122 valence electrons. The number of carbonyl (C=O) groups excluding carboxylic acids is 1. The van der Waals surface area contributed by atoms with Gasteiger partial charge in [-0.1, -0.05) is 6.07 Å². The number of carbonyl (C=O) groups is 1. The molecule has 23 heavy (non-hydrogen) atoms. The summed E-state index contributed by atoms with van der Waals surface area (Å²) in [6.45, 7) is 2.87. The standard InChI is InChI=1S/C18H22N2O3/c1-19-8-3-4-13(11-19)12-20-9-7-14-5-6-15(18(22)23-2)10-16(14)17(20)21/h5-7,9-10,13H,3-4,8,11-12H2,1-2H3/t13-/m1/s1. The second-order valence-corrected chi connectivity index (χ2v) is 6.34. The summed E-state index contributed by atoms with van der Waals surface area (Å²) in [5, 5.41) is 1.42. The Labute approximate surface area is 135 Å². The maximum atomic E-state index is 12.7. The molecular formula is C18H22N2O3. The summed E-state index contributed by atoms with van der Waals surface area (Å²) in [6.07, 6.45) is 4.18. The van der Waals surface area contributed by atoms with E-state index in [0.717, 1.165) is 31.4 Å². The first kappa shape index (κ1) is 15.7. The molecule has 2 heterocycles. The Morgan fingerprint density at radius 3 is 2.91 bits per heavy atom. The molecule has 1 atom stereocenters. The van der Waals surface area contributed by atoms with E-state index in [1.54, 1.807) is 22.8 Å². The van der Waals surface area contributed by atoms with Crippen LogP contribution in [0, 0.1) is 5.92 Å². The van der Waals surface area contributed by atoms with E-state index in [0.29, 0.717) is 16.9 Å². The molecule has 1 fully saturated rings. The number of pyridine rings is 1. The number of aromatic nitrogens is 1. The number of ether oxygens (including phenoxy) is 1. The predicted molar refractivity (Wildman–Crippen MR) is 89.8 cm³/mol. The van der Waals surface area contributed by atoms with E-state index >= 15 is 0 Å². The van der Waals surface area contributed by atoms with Crippen molar-refractivity contribution in [3.63, 3.8) is 0 Å². The molecule has 2 aromatic rings. The van der Waals surface area contributed by atoms with Crippen LogP contribution in [0.4, 0.5) is 0 Å². The van der Waals surface area contributed by atoms with Crippen LogP contribution in [0.2, 0.25) is 0 Å². The van der Waals surface area contributed by atoms with E-state index in [4.69, 9.17) is 4.74 Å². The van der Waals surface area contributed by atoms with Crippen LogP contribution in [0.5, 0.6) is 0 Å². The van der Waals surface area contributed by atoms with Crippen LogP contribution < -0.4 is 5.56 Å². The van der Waals surface area contributed by atoms with E-state index in [9.17, 15) is 9.59 Å². The van der Waals surface area contributed by atoms with Crippen molar-refractivity contribution >= 4 is 16.7 Å². The van der Waals surface area contributed by atoms with Crippen LogP contribution in [-0.2, 0) is 11.3 Å². The largest absolute Gasteiger partial charge is 0.465 e. The molecule has 5 nitrogen and oxygen atoms in total. The fourth-order valence-electron chi connectivity index (χ4n) is 3.37. The Morgan fingerprint density at radius 1 is 1.35 bits per heavy atom. The summed E-state index contributed by atoms with van der Waals surface area (Å²) >= 11 is 0. The third-order valence-corrected chi connectivity index (χ3v) is 4.58. The Morgan fingerprint density at radius 2 is 2.17 bits per heavy atom. The zero-order chi connectivity index (χ0) is 16.4. The van der Waals surface area contributed by atoms with Gasteiger partial charge in [-0.05, 0) is 55.9 Å². The lowest BCUT2D eigenvalue weighted by Crippen LogP contribution is -2.36. The van der Waals surface area contributed by atoms with E-state index in [2.05, 4.69) is 11.9 Å². The fourth-order valence-corrected chi connectivity index (χ4v) is 3.37. The normalized spacial score (nSPS) is 19.0. The monoisotopic (exact) mass is 314 g/mol. The maximum Gasteiger partial charge on any atom is 0.337 e. The van der Waals surface area contributed by atoms with Gasteiger partial charge in [-0.15, -0.1) is 0 Å². The number of hydrogen-bond acceptors (Lipinski definition) is 4. The minimum atomic E-state index is -0.421. The van der Waals surface area contributed by atoms with Gasteiger partial charge in [0, 0.05) is 24.7 Å². The van der Waals surface area contributed by atoms with Crippen molar-refractivity contribution in [3.05, 3.63) is 46.4 Å². The Hall–Kier alpha value is -2.14. The number of piperidine rings is 1. The molecule has 0 amide bonds. The zero-order valence-electron chi connectivity index (χ0n) is 13.6. The summed E-state index contributed by atoms with van der Waals surface area (Å²) in [5.41, 5.74) is 0.369. The minimum absolute atomic E-state index is 0.0403. The highest BCUT2D eigenvalue weighted by Crippen LogP contribution is 2.18. The van der Waals surface area contributed by atoms with Crippen LogP contribution in [-0.4, -0.2) is 42.7 Å². The first-order valence-electron chi connectivity index (χ1n) is 7.98. The number of fused-ring (bicyclic) bond motifs is 1. The van der Waals surface area contributed by atoms with E-state index in [1.165, 1.54) is 13.5 Å². The number of methoxy groups -OCH3 is 1. The summed E-state index contributed by atoms with van der Waals surface area (Å²) in [6, 6.07) is 7.05. The SMILES string of the molecule is COC(=O)c1ccc2ccn(C[C@@H]3CCCN(C)C3)c(=O)c2c1. The average Bonchev–Trinajstić information content (AvgIpc) is 2.56. The van der Waals surface area contributed by atoms with Crippen molar-refractivity contribution in [2.45, 2.75) is 19.4 Å². The van der Waals surface area contributed by atoms with E-state index < -0.39 is 5.97 Å². The van der Waals surface area contributed by atoms with Crippen molar-refractivity contribution in [2.24, 2.45) is 5.92 Å². The van der Waals surface area contributed by atoms with Gasteiger partial charge in [-0.3, -0.25) is 4.79 Å². The zero-order valence-corrected chi connectivity index (χ0v) is 13.6. The van der Waals surface area contributed by atoms with Gasteiger partial charge in [0.1, 0.15) is 0 Å². The van der Waals surface area contributed by atoms with Gasteiger partial charge < -0.3 is 14.2 Å². The van der Waals surface area contributed by atoms with Gasteiger partial charge >= 0.3 is 5.97 Å². The average molecular weight is 314 g/mol. The molecule has 1 saturated heterocycles. The predicted octanol–water partition coefficient (Wildman–Crippen LogP) is 2.13. The maximum absolute atomic E-state index is 12.7. The molecular weight excluding hydrogens is 292 g/mol. The number of esters is 1. The molecule has 0 spiro atoms. The Balaban J connectivity index is 1.93. The lowest BCUT2D eigenvalue weighted by molar-refractivity contribution is 0.0601. The molecule has 1 aromatic carbocycles. The minimum Gasteiger partial charge on any atom is -0.465 e. The van der Waals surface area contributed by atoms with Crippen molar-refractivity contribution < 1.29 is 9.53 Å². The number of likely N-dealkylation sites (tertiary alicyclic amines) is 1. The molecule has 0 unspecified atom stereocenters. The summed E-state index contributed by atoms with van der Waals surface area (Å²) in [5.74, 6) is 0.0725. The lowest BCUT2D eigenvalue weighted by atomic mass is 9.98. The van der Waals surface area contributed by atoms with Gasteiger partial charge in [-0.2, -0.15) is 0 Å². The van der Waals surface area contributed by atoms with Crippen molar-refractivity contribution in [1.29, 1.82) is 0 Å². The van der Waals surface area contributed by atoms with Crippen molar-refractivity contribution in [1.82, 2.24) is 9.47 Å². The molecule has 1 aliphatic rings. The highest BCUT2D eigenvalue weighted by atomic mass is 16.5. The van der Waals surface area contributed by atoms with Gasteiger partial charge in [0.25, 0.3) is 5.56 Å². The van der Waals surface area contributed by atoms with E-state index in [-0.39, 0.29) is 5.56 Å². The second-order valence-electron chi connectivity index (χ2n) is 6.34. The smallest absolute Gasteiger partial charge is 0.337 e. The van der Waals surface area contributed by atoms with Crippen molar-refractivity contribution in [3.8, 4) is 0 Å². The number of rotatable bonds is 3. The van der Waals surface area contributed by atoms with Crippen LogP contribution >= 0.6 is 0 Å². The van der Waals surface area contributed by atoms with Gasteiger partial charge in [-0.25, -0.2) is 4.79 Å². The molecule has 5 heteroatoms. The molecule has 0 aliphatic carbocycles. The molecule has 1 aliphatic heterocycles. The Kier molecular flexibility index (Phi) is 4.48. The number of benzene rings is 1. The van der Waals surface area contributed by atoms with Crippen LogP contribution in [0.1, 0.15) is 23.2 Å². The quantitative estimate of drug-likeness (QED) is 0.815. The highest BCUT2D eigenvalue weighted by molar-refractivity contribution is 5.95. The lowest BCUT2D eigenvalue weighted by Gasteiger charge is -2.30. The van der Waals surface area contributed by atoms with Gasteiger partial charge in [0.2, 0.25) is 0 Å². The van der Waals surface area contributed by atoms with Crippen LogP contribution in [0.15, 0.2) is 35.3 Å². The van der Waals surface area contributed by atoms with Gasteiger partial charge in [0.05, 0.1) is 12.7 Å². The van der Waals surface area contributed by atoms with Crippen LogP contribution in [0.3, 0.4) is 0 Å².